The number of rotatable bonds is 6. The summed E-state index contributed by atoms with van der Waals surface area (Å²) in [5.41, 5.74) is 6.91. The highest BCUT2D eigenvalue weighted by Crippen LogP contribution is 2.21. The molecule has 0 amide bonds. The molecule has 2 heteroatoms. The zero-order valence-corrected chi connectivity index (χ0v) is 14.8. The largest absolute Gasteiger partial charge is 0.363 e. The van der Waals surface area contributed by atoms with E-state index in [1.54, 1.807) is 0 Å². The van der Waals surface area contributed by atoms with Crippen molar-refractivity contribution in [1.29, 1.82) is 0 Å². The van der Waals surface area contributed by atoms with Gasteiger partial charge < -0.3 is 4.90 Å². The van der Waals surface area contributed by atoms with Gasteiger partial charge >= 0.3 is 0 Å². The van der Waals surface area contributed by atoms with E-state index in [1.165, 1.54) is 22.3 Å². The molecule has 0 radical (unpaired) electrons. The number of aryl methyl sites for hydroxylation is 2. The lowest BCUT2D eigenvalue weighted by molar-refractivity contribution is 0.112. The molecule has 0 aromatic heterocycles. The predicted octanol–water partition coefficient (Wildman–Crippen LogP) is 5.32. The van der Waals surface area contributed by atoms with E-state index in [-0.39, 0.29) is 0 Å². The SMILES string of the molecule is Cc1ccc(CN(Cc2ccc(C)cc2)c2ccc(C=O)cc2)cc1. The highest BCUT2D eigenvalue weighted by atomic mass is 16.1. The van der Waals surface area contributed by atoms with Crippen LogP contribution >= 0.6 is 0 Å². The van der Waals surface area contributed by atoms with E-state index in [2.05, 4.69) is 67.3 Å². The molecule has 0 N–H and O–H groups in total. The van der Waals surface area contributed by atoms with Gasteiger partial charge in [0.15, 0.2) is 0 Å². The molecule has 0 saturated carbocycles. The van der Waals surface area contributed by atoms with E-state index in [0.717, 1.165) is 25.1 Å². The highest BCUT2D eigenvalue weighted by Gasteiger charge is 2.09. The smallest absolute Gasteiger partial charge is 0.150 e. The molecule has 0 heterocycles. The molecular formula is C23H23NO. The Labute approximate surface area is 149 Å². The van der Waals surface area contributed by atoms with Gasteiger partial charge in [0.2, 0.25) is 0 Å². The maximum Gasteiger partial charge on any atom is 0.150 e. The average molecular weight is 329 g/mol. The minimum absolute atomic E-state index is 0.703. The summed E-state index contributed by atoms with van der Waals surface area (Å²) in [4.78, 5) is 13.3. The first-order valence-electron chi connectivity index (χ1n) is 8.55. The Kier molecular flexibility index (Phi) is 5.30. The Bertz CT molecular complexity index is 770. The quantitative estimate of drug-likeness (QED) is 0.570. The molecule has 2 nitrogen and oxygen atoms in total. The van der Waals surface area contributed by atoms with Crippen LogP contribution in [0.25, 0.3) is 0 Å². The van der Waals surface area contributed by atoms with E-state index in [9.17, 15) is 4.79 Å². The van der Waals surface area contributed by atoms with Crippen LogP contribution in [0.15, 0.2) is 72.8 Å². The molecule has 25 heavy (non-hydrogen) atoms. The Balaban J connectivity index is 1.87. The lowest BCUT2D eigenvalue weighted by Crippen LogP contribution is -2.22. The van der Waals surface area contributed by atoms with Crippen LogP contribution < -0.4 is 4.90 Å². The summed E-state index contributed by atoms with van der Waals surface area (Å²) in [6, 6.07) is 25.1. The van der Waals surface area contributed by atoms with Gasteiger partial charge in [0.05, 0.1) is 0 Å². The van der Waals surface area contributed by atoms with Gasteiger partial charge in [-0.25, -0.2) is 0 Å². The molecule has 0 aliphatic carbocycles. The monoisotopic (exact) mass is 329 g/mol. The molecule has 126 valence electrons. The van der Waals surface area contributed by atoms with Gasteiger partial charge in [0.1, 0.15) is 6.29 Å². The van der Waals surface area contributed by atoms with Gasteiger partial charge in [-0.05, 0) is 49.2 Å². The number of carbonyl (C=O) groups is 1. The first kappa shape index (κ1) is 17.0. The second-order valence-corrected chi connectivity index (χ2v) is 6.54. The van der Waals surface area contributed by atoms with Crippen LogP contribution in [0.4, 0.5) is 5.69 Å². The number of hydrogen-bond donors (Lipinski definition) is 0. The summed E-state index contributed by atoms with van der Waals surface area (Å²) in [6.45, 7) is 5.86. The minimum atomic E-state index is 0.703. The third-order valence-corrected chi connectivity index (χ3v) is 4.38. The molecule has 0 fully saturated rings. The Hall–Kier alpha value is -2.87. The third-order valence-electron chi connectivity index (χ3n) is 4.38. The topological polar surface area (TPSA) is 20.3 Å². The van der Waals surface area contributed by atoms with Crippen molar-refractivity contribution in [1.82, 2.24) is 0 Å². The van der Waals surface area contributed by atoms with Crippen molar-refractivity contribution in [3.05, 3.63) is 101 Å². The summed E-state index contributed by atoms with van der Waals surface area (Å²) >= 11 is 0. The van der Waals surface area contributed by atoms with E-state index >= 15 is 0 Å². The number of benzene rings is 3. The molecule has 3 aromatic carbocycles. The molecule has 0 bridgehead atoms. The first-order valence-corrected chi connectivity index (χ1v) is 8.55. The fraction of sp³-hybridized carbons (Fsp3) is 0.174. The molecule has 3 aromatic rings. The van der Waals surface area contributed by atoms with Crippen molar-refractivity contribution in [2.45, 2.75) is 26.9 Å². The van der Waals surface area contributed by atoms with Crippen LogP contribution in [0.3, 0.4) is 0 Å². The lowest BCUT2D eigenvalue weighted by atomic mass is 10.1. The van der Waals surface area contributed by atoms with E-state index in [4.69, 9.17) is 0 Å². The van der Waals surface area contributed by atoms with Crippen LogP contribution in [0.1, 0.15) is 32.6 Å². The predicted molar refractivity (Wildman–Crippen MR) is 104 cm³/mol. The summed E-state index contributed by atoms with van der Waals surface area (Å²) in [5, 5.41) is 0. The second kappa shape index (κ2) is 7.80. The lowest BCUT2D eigenvalue weighted by Gasteiger charge is -2.25. The van der Waals surface area contributed by atoms with Crippen molar-refractivity contribution in [3.63, 3.8) is 0 Å². The van der Waals surface area contributed by atoms with E-state index in [0.29, 0.717) is 5.56 Å². The van der Waals surface area contributed by atoms with Gasteiger partial charge in [-0.1, -0.05) is 59.7 Å². The van der Waals surface area contributed by atoms with Crippen molar-refractivity contribution < 1.29 is 4.79 Å². The second-order valence-electron chi connectivity index (χ2n) is 6.54. The molecule has 0 saturated heterocycles. The van der Waals surface area contributed by atoms with Crippen LogP contribution in [0.5, 0.6) is 0 Å². The Morgan fingerprint density at radius 1 is 0.680 bits per heavy atom. The standard InChI is InChI=1S/C23H23NO/c1-18-3-7-20(8-4-18)15-24(16-21-9-5-19(2)6-10-21)23-13-11-22(17-25)12-14-23/h3-14,17H,15-16H2,1-2H3. The van der Waals surface area contributed by atoms with Gasteiger partial charge in [-0.2, -0.15) is 0 Å². The molecule has 0 aliphatic heterocycles. The fourth-order valence-electron chi connectivity index (χ4n) is 2.83. The highest BCUT2D eigenvalue weighted by molar-refractivity contribution is 5.75. The fourth-order valence-corrected chi connectivity index (χ4v) is 2.83. The Morgan fingerprint density at radius 2 is 1.12 bits per heavy atom. The van der Waals surface area contributed by atoms with E-state index in [1.807, 2.05) is 24.3 Å². The number of aldehydes is 1. The summed E-state index contributed by atoms with van der Waals surface area (Å²) in [7, 11) is 0. The van der Waals surface area contributed by atoms with Crippen LogP contribution in [0.2, 0.25) is 0 Å². The summed E-state index contributed by atoms with van der Waals surface area (Å²) < 4.78 is 0. The van der Waals surface area contributed by atoms with Crippen LogP contribution in [0, 0.1) is 13.8 Å². The maximum atomic E-state index is 10.9. The van der Waals surface area contributed by atoms with Crippen molar-refractivity contribution in [2.75, 3.05) is 4.90 Å². The minimum Gasteiger partial charge on any atom is -0.363 e. The number of anilines is 1. The van der Waals surface area contributed by atoms with E-state index < -0.39 is 0 Å². The summed E-state index contributed by atoms with van der Waals surface area (Å²) in [5.74, 6) is 0. The van der Waals surface area contributed by atoms with Crippen molar-refractivity contribution >= 4 is 12.0 Å². The normalized spacial score (nSPS) is 10.5. The average Bonchev–Trinajstić information content (AvgIpc) is 2.65. The van der Waals surface area contributed by atoms with Crippen LogP contribution in [-0.4, -0.2) is 6.29 Å². The first-order chi connectivity index (χ1) is 12.1. The maximum absolute atomic E-state index is 10.9. The molecule has 0 aliphatic rings. The third kappa shape index (κ3) is 4.57. The molecule has 0 spiro atoms. The molecule has 3 rings (SSSR count). The molecular weight excluding hydrogens is 306 g/mol. The number of nitrogens with zero attached hydrogens (tertiary/aromatic N) is 1. The number of carbonyl (C=O) groups excluding carboxylic acids is 1. The zero-order chi connectivity index (χ0) is 17.6. The van der Waals surface area contributed by atoms with Crippen LogP contribution in [-0.2, 0) is 13.1 Å². The van der Waals surface area contributed by atoms with Gasteiger partial charge in [0.25, 0.3) is 0 Å². The number of hydrogen-bond acceptors (Lipinski definition) is 2. The zero-order valence-electron chi connectivity index (χ0n) is 14.8. The van der Waals surface area contributed by atoms with Gasteiger partial charge in [-0.3, -0.25) is 4.79 Å². The van der Waals surface area contributed by atoms with Crippen molar-refractivity contribution in [2.24, 2.45) is 0 Å². The van der Waals surface area contributed by atoms with Gasteiger partial charge in [0, 0.05) is 24.3 Å². The Morgan fingerprint density at radius 3 is 1.52 bits per heavy atom. The van der Waals surface area contributed by atoms with Gasteiger partial charge in [-0.15, -0.1) is 0 Å². The van der Waals surface area contributed by atoms with Crippen molar-refractivity contribution in [3.8, 4) is 0 Å². The molecule has 0 atom stereocenters. The summed E-state index contributed by atoms with van der Waals surface area (Å²) in [6.07, 6.45) is 0.883. The molecule has 0 unspecified atom stereocenters.